The summed E-state index contributed by atoms with van der Waals surface area (Å²) in [5.41, 5.74) is 0.946. The van der Waals surface area contributed by atoms with Crippen molar-refractivity contribution in [1.82, 2.24) is 4.90 Å². The first-order valence-corrected chi connectivity index (χ1v) is 6.11. The molecule has 104 valence electrons. The third kappa shape index (κ3) is 4.52. The van der Waals surface area contributed by atoms with Crippen LogP contribution in [-0.2, 0) is 6.54 Å². The molecule has 0 bridgehead atoms. The van der Waals surface area contributed by atoms with Gasteiger partial charge in [-0.15, -0.1) is 0 Å². The second-order valence-electron chi connectivity index (χ2n) is 4.87. The maximum absolute atomic E-state index is 12.5. The SMILES string of the molecule is OB(O)c1cccc(CN(CC(F)(F)F)C2CC2)c1. The van der Waals surface area contributed by atoms with Crippen molar-refractivity contribution < 1.29 is 23.2 Å². The van der Waals surface area contributed by atoms with Crippen LogP contribution in [0.15, 0.2) is 24.3 Å². The van der Waals surface area contributed by atoms with Crippen molar-refractivity contribution in [3.63, 3.8) is 0 Å². The minimum Gasteiger partial charge on any atom is -0.423 e. The van der Waals surface area contributed by atoms with Gasteiger partial charge in [0.25, 0.3) is 0 Å². The number of hydrogen-bond donors (Lipinski definition) is 2. The van der Waals surface area contributed by atoms with E-state index in [9.17, 15) is 13.2 Å². The Kier molecular flexibility index (Phi) is 4.18. The molecule has 2 N–H and O–H groups in total. The predicted molar refractivity (Wildman–Crippen MR) is 65.8 cm³/mol. The van der Waals surface area contributed by atoms with Crippen LogP contribution in [0.1, 0.15) is 18.4 Å². The summed E-state index contributed by atoms with van der Waals surface area (Å²) in [6.45, 7) is -0.756. The van der Waals surface area contributed by atoms with E-state index in [1.807, 2.05) is 0 Å². The first-order valence-electron chi connectivity index (χ1n) is 6.11. The molecule has 1 aliphatic rings. The molecule has 0 heterocycles. The Morgan fingerprint density at radius 1 is 1.26 bits per heavy atom. The summed E-state index contributed by atoms with van der Waals surface area (Å²) >= 11 is 0. The summed E-state index contributed by atoms with van der Waals surface area (Å²) in [4.78, 5) is 1.39. The number of rotatable bonds is 5. The van der Waals surface area contributed by atoms with E-state index in [0.29, 0.717) is 11.0 Å². The smallest absolute Gasteiger partial charge is 0.423 e. The van der Waals surface area contributed by atoms with E-state index in [0.717, 1.165) is 12.8 Å². The zero-order valence-electron chi connectivity index (χ0n) is 10.3. The molecule has 0 spiro atoms. The molecule has 19 heavy (non-hydrogen) atoms. The fourth-order valence-electron chi connectivity index (χ4n) is 2.07. The van der Waals surface area contributed by atoms with E-state index >= 15 is 0 Å². The van der Waals surface area contributed by atoms with Gasteiger partial charge in [-0.2, -0.15) is 13.2 Å². The van der Waals surface area contributed by atoms with Crippen LogP contribution in [0.3, 0.4) is 0 Å². The Hall–Kier alpha value is -1.05. The van der Waals surface area contributed by atoms with Gasteiger partial charge in [0.1, 0.15) is 0 Å². The number of benzene rings is 1. The lowest BCUT2D eigenvalue weighted by Gasteiger charge is -2.23. The first kappa shape index (κ1) is 14.4. The van der Waals surface area contributed by atoms with Crippen LogP contribution >= 0.6 is 0 Å². The van der Waals surface area contributed by atoms with Gasteiger partial charge in [-0.1, -0.05) is 24.3 Å². The summed E-state index contributed by atoms with van der Waals surface area (Å²) < 4.78 is 37.4. The maximum atomic E-state index is 12.5. The van der Waals surface area contributed by atoms with Gasteiger partial charge in [-0.05, 0) is 23.9 Å². The fraction of sp³-hybridized carbons (Fsp3) is 0.500. The van der Waals surface area contributed by atoms with E-state index in [1.54, 1.807) is 12.1 Å². The third-order valence-corrected chi connectivity index (χ3v) is 3.08. The highest BCUT2D eigenvalue weighted by molar-refractivity contribution is 6.58. The average Bonchev–Trinajstić information content (AvgIpc) is 3.10. The Bertz CT molecular complexity index is 435. The standard InChI is InChI=1S/C12H15BF3NO2/c14-12(15,16)8-17(11-4-5-11)7-9-2-1-3-10(6-9)13(18)19/h1-3,6,11,18-19H,4-5,7-8H2. The number of alkyl halides is 3. The Morgan fingerprint density at radius 2 is 1.95 bits per heavy atom. The molecule has 1 saturated carbocycles. The fourth-order valence-corrected chi connectivity index (χ4v) is 2.07. The molecule has 0 aliphatic heterocycles. The third-order valence-electron chi connectivity index (χ3n) is 3.08. The van der Waals surface area contributed by atoms with E-state index in [-0.39, 0.29) is 12.6 Å². The van der Waals surface area contributed by atoms with Crippen LogP contribution in [0.25, 0.3) is 0 Å². The molecule has 0 saturated heterocycles. The van der Waals surface area contributed by atoms with Crippen molar-refractivity contribution in [2.75, 3.05) is 6.54 Å². The van der Waals surface area contributed by atoms with Gasteiger partial charge in [-0.3, -0.25) is 4.90 Å². The molecule has 0 aromatic heterocycles. The first-order chi connectivity index (χ1) is 8.85. The Balaban J connectivity index is 2.06. The minimum atomic E-state index is -4.21. The molecule has 2 rings (SSSR count). The molecule has 0 unspecified atom stereocenters. The molecular formula is C12H15BF3NO2. The zero-order chi connectivity index (χ0) is 14.0. The van der Waals surface area contributed by atoms with Gasteiger partial charge in [0.2, 0.25) is 0 Å². The van der Waals surface area contributed by atoms with Gasteiger partial charge in [0.05, 0.1) is 6.54 Å². The molecule has 3 nitrogen and oxygen atoms in total. The van der Waals surface area contributed by atoms with Crippen molar-refractivity contribution in [2.45, 2.75) is 31.6 Å². The lowest BCUT2D eigenvalue weighted by molar-refractivity contribution is -0.148. The van der Waals surface area contributed by atoms with Crippen LogP contribution in [-0.4, -0.2) is 40.8 Å². The van der Waals surface area contributed by atoms with Crippen LogP contribution < -0.4 is 5.46 Å². The highest BCUT2D eigenvalue weighted by atomic mass is 19.4. The van der Waals surface area contributed by atoms with Gasteiger partial charge in [-0.25, -0.2) is 0 Å². The second kappa shape index (κ2) is 5.52. The normalized spacial score (nSPS) is 15.9. The van der Waals surface area contributed by atoms with Crippen molar-refractivity contribution in [3.05, 3.63) is 29.8 Å². The van der Waals surface area contributed by atoms with Gasteiger partial charge in [0.15, 0.2) is 0 Å². The highest BCUT2D eigenvalue weighted by Gasteiger charge is 2.37. The quantitative estimate of drug-likeness (QED) is 0.783. The lowest BCUT2D eigenvalue weighted by atomic mass is 9.79. The monoisotopic (exact) mass is 273 g/mol. The van der Waals surface area contributed by atoms with E-state index in [2.05, 4.69) is 0 Å². The largest absolute Gasteiger partial charge is 0.488 e. The van der Waals surface area contributed by atoms with Crippen molar-refractivity contribution in [1.29, 1.82) is 0 Å². The van der Waals surface area contributed by atoms with Crippen LogP contribution in [0.4, 0.5) is 13.2 Å². The molecule has 1 aromatic carbocycles. The molecule has 1 aliphatic carbocycles. The topological polar surface area (TPSA) is 43.7 Å². The number of hydrogen-bond acceptors (Lipinski definition) is 3. The van der Waals surface area contributed by atoms with Gasteiger partial charge < -0.3 is 10.0 Å². The molecule has 7 heteroatoms. The summed E-state index contributed by atoms with van der Waals surface area (Å²) in [5.74, 6) is 0. The maximum Gasteiger partial charge on any atom is 0.488 e. The van der Waals surface area contributed by atoms with Crippen LogP contribution in [0.2, 0.25) is 0 Å². The zero-order valence-corrected chi connectivity index (χ0v) is 10.3. The van der Waals surface area contributed by atoms with E-state index in [4.69, 9.17) is 10.0 Å². The second-order valence-corrected chi connectivity index (χ2v) is 4.87. The number of halogens is 3. The molecule has 0 amide bonds. The number of nitrogens with zero attached hydrogens (tertiary/aromatic N) is 1. The Morgan fingerprint density at radius 3 is 2.47 bits per heavy atom. The summed E-state index contributed by atoms with van der Waals surface area (Å²) in [6.07, 6.45) is -2.63. The van der Waals surface area contributed by atoms with Crippen LogP contribution in [0, 0.1) is 0 Å². The molecule has 0 radical (unpaired) electrons. The van der Waals surface area contributed by atoms with Crippen LogP contribution in [0.5, 0.6) is 0 Å². The summed E-state index contributed by atoms with van der Waals surface area (Å²) in [6, 6.07) is 6.35. The van der Waals surface area contributed by atoms with E-state index in [1.165, 1.54) is 17.0 Å². The predicted octanol–water partition coefficient (Wildman–Crippen LogP) is 0.893. The average molecular weight is 273 g/mol. The summed E-state index contributed by atoms with van der Waals surface area (Å²) in [7, 11) is -1.60. The van der Waals surface area contributed by atoms with Gasteiger partial charge in [0, 0.05) is 12.6 Å². The van der Waals surface area contributed by atoms with Crippen molar-refractivity contribution in [2.24, 2.45) is 0 Å². The molecular weight excluding hydrogens is 258 g/mol. The van der Waals surface area contributed by atoms with Crippen molar-refractivity contribution in [3.8, 4) is 0 Å². The van der Waals surface area contributed by atoms with Gasteiger partial charge >= 0.3 is 13.3 Å². The lowest BCUT2D eigenvalue weighted by Crippen LogP contribution is -2.36. The van der Waals surface area contributed by atoms with E-state index < -0.39 is 19.8 Å². The Labute approximate surface area is 109 Å². The highest BCUT2D eigenvalue weighted by Crippen LogP contribution is 2.31. The minimum absolute atomic E-state index is 0.00988. The molecule has 0 atom stereocenters. The summed E-state index contributed by atoms with van der Waals surface area (Å²) in [5, 5.41) is 18.1. The molecule has 1 fully saturated rings. The molecule has 1 aromatic rings. The van der Waals surface area contributed by atoms with Crippen molar-refractivity contribution >= 4 is 12.6 Å².